The summed E-state index contributed by atoms with van der Waals surface area (Å²) < 4.78 is 25.2. The van der Waals surface area contributed by atoms with Gasteiger partial charge in [0.1, 0.15) is 0 Å². The number of nitrogens with zero attached hydrogens (tertiary/aromatic N) is 1. The molecule has 0 N–H and O–H groups in total. The van der Waals surface area contributed by atoms with E-state index in [-0.39, 0.29) is 0 Å². The standard InChI is InChI=1S/C24H26NO4/c1-26-21-7-6-16-10-20-18-12-23(28-3)22(27-2)11-17(18)8-9-25(20)13-19(16)24(21)29-14-15-4-5-15/h6-7,10-13,15H,4-5,8-9,14H2,1-3H3/q+1. The Labute approximate surface area is 170 Å². The minimum atomic E-state index is 0.689. The zero-order valence-corrected chi connectivity index (χ0v) is 17.2. The molecule has 0 atom stereocenters. The van der Waals surface area contributed by atoms with Crippen LogP contribution in [-0.4, -0.2) is 27.9 Å². The predicted molar refractivity (Wildman–Crippen MR) is 111 cm³/mol. The van der Waals surface area contributed by atoms with Gasteiger partial charge in [-0.1, -0.05) is 0 Å². The molecule has 29 heavy (non-hydrogen) atoms. The SMILES string of the molecule is COc1cc2c(cc1OC)-c1cc3ccc(OC)c(OCC4CC4)c3c[n+]1CC2. The molecule has 0 radical (unpaired) electrons. The first-order chi connectivity index (χ1) is 14.2. The largest absolute Gasteiger partial charge is 0.493 e. The molecule has 5 heteroatoms. The predicted octanol–water partition coefficient (Wildman–Crippen LogP) is 4.17. The Morgan fingerprint density at radius 3 is 2.41 bits per heavy atom. The molecule has 0 unspecified atom stereocenters. The second kappa shape index (κ2) is 7.14. The number of aromatic nitrogens is 1. The van der Waals surface area contributed by atoms with Gasteiger partial charge in [0.25, 0.3) is 0 Å². The minimum absolute atomic E-state index is 0.689. The number of benzene rings is 2. The highest BCUT2D eigenvalue weighted by Crippen LogP contribution is 2.41. The van der Waals surface area contributed by atoms with Crippen molar-refractivity contribution in [3.05, 3.63) is 42.1 Å². The van der Waals surface area contributed by atoms with Crippen LogP contribution in [0.3, 0.4) is 0 Å². The van der Waals surface area contributed by atoms with Crippen LogP contribution in [0.2, 0.25) is 0 Å². The van der Waals surface area contributed by atoms with Gasteiger partial charge in [-0.3, -0.25) is 0 Å². The fourth-order valence-corrected chi connectivity index (χ4v) is 4.13. The van der Waals surface area contributed by atoms with Crippen molar-refractivity contribution >= 4 is 10.8 Å². The van der Waals surface area contributed by atoms with E-state index >= 15 is 0 Å². The van der Waals surface area contributed by atoms with E-state index in [1.807, 2.05) is 6.07 Å². The first-order valence-electron chi connectivity index (χ1n) is 10.1. The van der Waals surface area contributed by atoms with Crippen LogP contribution in [0.5, 0.6) is 23.0 Å². The van der Waals surface area contributed by atoms with Crippen molar-refractivity contribution in [2.75, 3.05) is 27.9 Å². The average Bonchev–Trinajstić information content (AvgIpc) is 3.59. The molecule has 2 heterocycles. The molecule has 1 fully saturated rings. The molecule has 2 aromatic carbocycles. The topological polar surface area (TPSA) is 40.8 Å². The van der Waals surface area contributed by atoms with Gasteiger partial charge >= 0.3 is 0 Å². The summed E-state index contributed by atoms with van der Waals surface area (Å²) in [4.78, 5) is 0. The summed E-state index contributed by atoms with van der Waals surface area (Å²) in [5.74, 6) is 3.87. The Hall–Kier alpha value is -2.95. The van der Waals surface area contributed by atoms with Crippen LogP contribution in [-0.2, 0) is 13.0 Å². The smallest absolute Gasteiger partial charge is 0.213 e. The number of hydrogen-bond acceptors (Lipinski definition) is 4. The number of fused-ring (bicyclic) bond motifs is 4. The number of rotatable bonds is 6. The maximum Gasteiger partial charge on any atom is 0.213 e. The number of methoxy groups -OCH3 is 3. The molecule has 0 amide bonds. The van der Waals surface area contributed by atoms with Gasteiger partial charge in [0.05, 0.1) is 38.9 Å². The highest BCUT2D eigenvalue weighted by Gasteiger charge is 2.28. The number of hydrogen-bond donors (Lipinski definition) is 0. The van der Waals surface area contributed by atoms with E-state index in [2.05, 4.69) is 35.0 Å². The van der Waals surface area contributed by atoms with Crippen molar-refractivity contribution < 1.29 is 23.5 Å². The van der Waals surface area contributed by atoms with Crippen LogP contribution in [0.25, 0.3) is 22.0 Å². The molecular formula is C24H26NO4+. The summed E-state index contributed by atoms with van der Waals surface area (Å²) in [5, 5.41) is 2.24. The van der Waals surface area contributed by atoms with E-state index < -0.39 is 0 Å². The second-order valence-electron chi connectivity index (χ2n) is 7.82. The molecule has 1 aromatic heterocycles. The van der Waals surface area contributed by atoms with Crippen molar-refractivity contribution in [2.45, 2.75) is 25.8 Å². The van der Waals surface area contributed by atoms with Gasteiger partial charge in [-0.05, 0) is 54.0 Å². The monoisotopic (exact) mass is 392 g/mol. The lowest BCUT2D eigenvalue weighted by molar-refractivity contribution is -0.686. The third-order valence-corrected chi connectivity index (χ3v) is 5.97. The van der Waals surface area contributed by atoms with Crippen LogP contribution in [0.1, 0.15) is 18.4 Å². The first kappa shape index (κ1) is 18.1. The maximum atomic E-state index is 6.22. The Morgan fingerprint density at radius 1 is 0.931 bits per heavy atom. The summed E-state index contributed by atoms with van der Waals surface area (Å²) in [6, 6.07) is 10.5. The Bertz CT molecular complexity index is 1090. The van der Waals surface area contributed by atoms with Crippen molar-refractivity contribution in [1.82, 2.24) is 0 Å². The molecule has 1 aliphatic heterocycles. The lowest BCUT2D eigenvalue weighted by Gasteiger charge is -2.19. The quantitative estimate of drug-likeness (QED) is 0.591. The number of ether oxygens (including phenoxy) is 4. The third-order valence-electron chi connectivity index (χ3n) is 5.97. The lowest BCUT2D eigenvalue weighted by atomic mass is 9.95. The van der Waals surface area contributed by atoms with Gasteiger partial charge in [0.15, 0.2) is 35.7 Å². The van der Waals surface area contributed by atoms with Crippen LogP contribution in [0, 0.1) is 5.92 Å². The second-order valence-corrected chi connectivity index (χ2v) is 7.82. The molecule has 5 rings (SSSR count). The van der Waals surface area contributed by atoms with Gasteiger partial charge in [0.2, 0.25) is 5.69 Å². The highest BCUT2D eigenvalue weighted by molar-refractivity contribution is 5.91. The molecule has 1 aliphatic carbocycles. The molecule has 0 bridgehead atoms. The van der Waals surface area contributed by atoms with Crippen molar-refractivity contribution in [1.29, 1.82) is 0 Å². The Morgan fingerprint density at radius 2 is 1.69 bits per heavy atom. The molecule has 2 aliphatic rings. The summed E-state index contributed by atoms with van der Waals surface area (Å²) in [5.41, 5.74) is 3.64. The van der Waals surface area contributed by atoms with Gasteiger partial charge in [0, 0.05) is 12.5 Å². The fourth-order valence-electron chi connectivity index (χ4n) is 4.13. The van der Waals surface area contributed by atoms with E-state index in [1.54, 1.807) is 21.3 Å². The zero-order valence-electron chi connectivity index (χ0n) is 17.2. The van der Waals surface area contributed by atoms with Gasteiger partial charge < -0.3 is 18.9 Å². The van der Waals surface area contributed by atoms with E-state index in [4.69, 9.17) is 18.9 Å². The average molecular weight is 392 g/mol. The minimum Gasteiger partial charge on any atom is -0.493 e. The number of aryl methyl sites for hydroxylation is 2. The lowest BCUT2D eigenvalue weighted by Crippen LogP contribution is -2.40. The molecule has 1 saturated carbocycles. The summed E-state index contributed by atoms with van der Waals surface area (Å²) in [6.07, 6.45) is 5.68. The highest BCUT2D eigenvalue weighted by atomic mass is 16.5. The first-order valence-corrected chi connectivity index (χ1v) is 10.1. The van der Waals surface area contributed by atoms with Crippen LogP contribution >= 0.6 is 0 Å². The summed E-state index contributed by atoms with van der Waals surface area (Å²) in [6.45, 7) is 1.67. The van der Waals surface area contributed by atoms with Crippen LogP contribution in [0.15, 0.2) is 36.5 Å². The van der Waals surface area contributed by atoms with Crippen LogP contribution < -0.4 is 23.5 Å². The van der Waals surface area contributed by atoms with Crippen molar-refractivity contribution in [2.24, 2.45) is 5.92 Å². The Balaban J connectivity index is 1.65. The van der Waals surface area contributed by atoms with E-state index in [0.717, 1.165) is 53.3 Å². The van der Waals surface area contributed by atoms with Gasteiger partial charge in [-0.15, -0.1) is 0 Å². The Kier molecular flexibility index (Phi) is 4.46. The molecule has 5 nitrogen and oxygen atoms in total. The van der Waals surface area contributed by atoms with Crippen LogP contribution in [0.4, 0.5) is 0 Å². The zero-order chi connectivity index (χ0) is 20.0. The van der Waals surface area contributed by atoms with E-state index in [1.165, 1.54) is 29.7 Å². The molecule has 150 valence electrons. The molecular weight excluding hydrogens is 366 g/mol. The molecule has 0 saturated heterocycles. The number of pyridine rings is 1. The maximum absolute atomic E-state index is 6.22. The fraction of sp³-hybridized carbons (Fsp3) is 0.375. The van der Waals surface area contributed by atoms with E-state index in [9.17, 15) is 0 Å². The molecule has 0 spiro atoms. The summed E-state index contributed by atoms with van der Waals surface area (Å²) >= 11 is 0. The normalized spacial score (nSPS) is 14.9. The molecule has 3 aromatic rings. The summed E-state index contributed by atoms with van der Waals surface area (Å²) in [7, 11) is 5.06. The van der Waals surface area contributed by atoms with Gasteiger partial charge in [-0.25, -0.2) is 0 Å². The third kappa shape index (κ3) is 3.15. The van der Waals surface area contributed by atoms with Gasteiger partial charge in [-0.2, -0.15) is 4.57 Å². The van der Waals surface area contributed by atoms with E-state index in [0.29, 0.717) is 5.92 Å². The van der Waals surface area contributed by atoms with Crippen molar-refractivity contribution in [3.8, 4) is 34.3 Å². The van der Waals surface area contributed by atoms with Crippen molar-refractivity contribution in [3.63, 3.8) is 0 Å².